The monoisotopic (exact) mass is 366 g/mol. The summed E-state index contributed by atoms with van der Waals surface area (Å²) in [6.07, 6.45) is 0.163. The highest BCUT2D eigenvalue weighted by atomic mass is 28.4. The van der Waals surface area contributed by atoms with Crippen LogP contribution >= 0.6 is 0 Å². The van der Waals surface area contributed by atoms with E-state index < -0.39 is 26.7 Å². The number of carbonyl (C=O) groups excluding carboxylic acids is 3. The van der Waals surface area contributed by atoms with E-state index in [1.165, 1.54) is 0 Å². The van der Waals surface area contributed by atoms with Gasteiger partial charge in [0.1, 0.15) is 6.10 Å². The van der Waals surface area contributed by atoms with Crippen LogP contribution in [0.2, 0.25) is 6.04 Å². The molecule has 0 saturated heterocycles. The second kappa shape index (κ2) is 12.0. The fourth-order valence-electron chi connectivity index (χ4n) is 1.85. The minimum absolute atomic E-state index is 0.0771. The van der Waals surface area contributed by atoms with E-state index in [0.29, 0.717) is 19.6 Å². The van der Waals surface area contributed by atoms with E-state index in [-0.39, 0.29) is 18.8 Å². The van der Waals surface area contributed by atoms with Crippen molar-refractivity contribution in [3.05, 3.63) is 0 Å². The molecule has 10 heteroatoms. The third-order valence-corrected chi connectivity index (χ3v) is 5.42. The third kappa shape index (κ3) is 10.3. The van der Waals surface area contributed by atoms with Crippen LogP contribution in [0.1, 0.15) is 27.2 Å². The predicted octanol–water partition coefficient (Wildman–Crippen LogP) is 0.683. The topological polar surface area (TPSA) is 107 Å². The average Bonchev–Trinajstić information content (AvgIpc) is 2.43. The molecule has 0 amide bonds. The summed E-state index contributed by atoms with van der Waals surface area (Å²) >= 11 is 0. The van der Waals surface area contributed by atoms with Gasteiger partial charge in [0, 0.05) is 41.6 Å². The number of rotatable bonds is 12. The molecule has 24 heavy (non-hydrogen) atoms. The molecule has 9 nitrogen and oxygen atoms in total. The van der Waals surface area contributed by atoms with Crippen molar-refractivity contribution in [1.29, 1.82) is 0 Å². The number of hydrogen-bond acceptors (Lipinski definition) is 9. The normalized spacial score (nSPS) is 12.4. The van der Waals surface area contributed by atoms with E-state index in [0.717, 1.165) is 20.8 Å². The van der Waals surface area contributed by atoms with Gasteiger partial charge in [0.2, 0.25) is 0 Å². The van der Waals surface area contributed by atoms with Gasteiger partial charge in [0.05, 0.1) is 19.3 Å². The van der Waals surface area contributed by atoms with Crippen molar-refractivity contribution in [3.63, 3.8) is 0 Å². The molecule has 0 aliphatic rings. The quantitative estimate of drug-likeness (QED) is 0.364. The molecule has 0 rings (SSSR count). The van der Waals surface area contributed by atoms with Crippen LogP contribution in [0.4, 0.5) is 0 Å². The Morgan fingerprint density at radius 3 is 1.75 bits per heavy atom. The van der Waals surface area contributed by atoms with Crippen molar-refractivity contribution in [2.24, 2.45) is 0 Å². The van der Waals surface area contributed by atoms with E-state index in [1.54, 1.807) is 14.2 Å². The summed E-state index contributed by atoms with van der Waals surface area (Å²) in [4.78, 5) is 33.8. The Kier molecular flexibility index (Phi) is 11.2. The minimum Gasteiger partial charge on any atom is -0.455 e. The van der Waals surface area contributed by atoms with Crippen molar-refractivity contribution in [2.75, 3.05) is 34.0 Å². The molecule has 0 aromatic heterocycles. The highest BCUT2D eigenvalue weighted by molar-refractivity contribution is 6.65. The summed E-state index contributed by atoms with van der Waals surface area (Å²) in [5, 5.41) is 0. The van der Waals surface area contributed by atoms with Crippen LogP contribution in [0.25, 0.3) is 0 Å². The zero-order valence-corrected chi connectivity index (χ0v) is 15.8. The first-order chi connectivity index (χ1) is 11.2. The molecule has 1 unspecified atom stereocenters. The molecule has 0 aromatic rings. The SMILES string of the molecule is COCC(COCCC[Si](OC(C)=O)(OC(C)=O)OC(C)=O)OC. The molecular formula is C14H26O9Si. The van der Waals surface area contributed by atoms with Crippen LogP contribution in [0, 0.1) is 0 Å². The Morgan fingerprint density at radius 1 is 0.875 bits per heavy atom. The van der Waals surface area contributed by atoms with E-state index in [4.69, 9.17) is 27.5 Å². The van der Waals surface area contributed by atoms with Crippen LogP contribution in [-0.4, -0.2) is 66.9 Å². The second-order valence-corrected chi connectivity index (χ2v) is 7.43. The molecule has 0 heterocycles. The maximum atomic E-state index is 11.3. The van der Waals surface area contributed by atoms with Gasteiger partial charge in [-0.3, -0.25) is 14.4 Å². The fraction of sp³-hybridized carbons (Fsp3) is 0.786. The largest absolute Gasteiger partial charge is 0.705 e. The second-order valence-electron chi connectivity index (χ2n) is 4.96. The molecule has 0 fully saturated rings. The molecule has 0 spiro atoms. The van der Waals surface area contributed by atoms with Gasteiger partial charge in [-0.15, -0.1) is 0 Å². The highest BCUT2D eigenvalue weighted by Crippen LogP contribution is 2.19. The molecule has 0 aromatic carbocycles. The lowest BCUT2D eigenvalue weighted by Gasteiger charge is -2.26. The van der Waals surface area contributed by atoms with Crippen LogP contribution in [0.5, 0.6) is 0 Å². The van der Waals surface area contributed by atoms with Crippen LogP contribution in [-0.2, 0) is 41.9 Å². The molecule has 0 bridgehead atoms. The smallest absolute Gasteiger partial charge is 0.455 e. The van der Waals surface area contributed by atoms with Gasteiger partial charge in [-0.2, -0.15) is 0 Å². The number of carbonyl (C=O) groups is 3. The molecule has 0 radical (unpaired) electrons. The maximum absolute atomic E-state index is 11.3. The Morgan fingerprint density at radius 2 is 1.38 bits per heavy atom. The summed E-state index contributed by atoms with van der Waals surface area (Å²) in [6.45, 7) is 4.44. The van der Waals surface area contributed by atoms with Crippen molar-refractivity contribution in [3.8, 4) is 0 Å². The zero-order chi connectivity index (χ0) is 18.6. The van der Waals surface area contributed by atoms with Crippen molar-refractivity contribution in [2.45, 2.75) is 39.3 Å². The Balaban J connectivity index is 4.60. The summed E-state index contributed by atoms with van der Waals surface area (Å²) < 4.78 is 30.7. The lowest BCUT2D eigenvalue weighted by molar-refractivity contribution is -0.147. The van der Waals surface area contributed by atoms with Gasteiger partial charge in [-0.25, -0.2) is 0 Å². The first-order valence-electron chi connectivity index (χ1n) is 7.43. The Labute approximate surface area is 142 Å². The van der Waals surface area contributed by atoms with Gasteiger partial charge < -0.3 is 27.5 Å². The summed E-state index contributed by atoms with van der Waals surface area (Å²) in [5.74, 6) is -2.07. The first kappa shape index (κ1) is 22.5. The van der Waals surface area contributed by atoms with Gasteiger partial charge in [-0.05, 0) is 6.42 Å². The van der Waals surface area contributed by atoms with Crippen molar-refractivity contribution in [1.82, 2.24) is 0 Å². The van der Waals surface area contributed by atoms with Gasteiger partial charge in [0.15, 0.2) is 0 Å². The minimum atomic E-state index is -3.77. The van der Waals surface area contributed by atoms with Crippen LogP contribution in [0.15, 0.2) is 0 Å². The summed E-state index contributed by atoms with van der Waals surface area (Å²) in [6, 6.07) is 0.0771. The molecule has 1 atom stereocenters. The third-order valence-electron chi connectivity index (χ3n) is 2.66. The molecular weight excluding hydrogens is 340 g/mol. The number of methoxy groups -OCH3 is 2. The number of ether oxygens (including phenoxy) is 3. The van der Waals surface area contributed by atoms with Gasteiger partial charge >= 0.3 is 8.80 Å². The molecule has 0 aliphatic carbocycles. The standard InChI is InChI=1S/C14H26O9Si/c1-11(15)21-24(22-12(2)16,23-13(3)17)8-6-7-20-10-14(19-5)9-18-4/h14H,6-10H2,1-5H3. The highest BCUT2D eigenvalue weighted by Gasteiger charge is 2.51. The molecule has 0 N–H and O–H groups in total. The molecule has 0 saturated carbocycles. The van der Waals surface area contributed by atoms with Gasteiger partial charge in [-0.1, -0.05) is 0 Å². The summed E-state index contributed by atoms with van der Waals surface area (Å²) in [5.41, 5.74) is 0. The van der Waals surface area contributed by atoms with E-state index in [1.807, 2.05) is 0 Å². The maximum Gasteiger partial charge on any atom is 0.705 e. The summed E-state index contributed by atoms with van der Waals surface area (Å²) in [7, 11) is -0.663. The first-order valence-corrected chi connectivity index (χ1v) is 9.36. The van der Waals surface area contributed by atoms with Crippen LogP contribution in [0.3, 0.4) is 0 Å². The number of hydrogen-bond donors (Lipinski definition) is 0. The average molecular weight is 366 g/mol. The van der Waals surface area contributed by atoms with Gasteiger partial charge in [0.25, 0.3) is 17.9 Å². The Hall–Kier alpha value is -1.49. The van der Waals surface area contributed by atoms with Crippen molar-refractivity contribution < 1.29 is 41.9 Å². The lowest BCUT2D eigenvalue weighted by Crippen LogP contribution is -2.49. The Bertz CT molecular complexity index is 372. The fourth-order valence-corrected chi connectivity index (χ4v) is 4.17. The van der Waals surface area contributed by atoms with E-state index in [2.05, 4.69) is 0 Å². The van der Waals surface area contributed by atoms with Crippen LogP contribution < -0.4 is 0 Å². The molecule has 140 valence electrons. The van der Waals surface area contributed by atoms with E-state index >= 15 is 0 Å². The lowest BCUT2D eigenvalue weighted by atomic mass is 10.4. The van der Waals surface area contributed by atoms with E-state index in [9.17, 15) is 14.4 Å². The van der Waals surface area contributed by atoms with Crippen molar-refractivity contribution >= 4 is 26.7 Å². The zero-order valence-electron chi connectivity index (χ0n) is 14.8. The molecule has 0 aliphatic heterocycles. The predicted molar refractivity (Wildman–Crippen MR) is 84.0 cm³/mol.